The van der Waals surface area contributed by atoms with Gasteiger partial charge in [0.1, 0.15) is 12.6 Å². The highest BCUT2D eigenvalue weighted by molar-refractivity contribution is 7.47. The smallest absolute Gasteiger partial charge is 0.472 e. The second-order valence-corrected chi connectivity index (χ2v) is 14.5. The quantitative estimate of drug-likeness (QED) is 0.0240. The number of allylic oxidation sites excluding steroid dienone is 10. The highest BCUT2D eigenvalue weighted by atomic mass is 31.2. The van der Waals surface area contributed by atoms with Gasteiger partial charge in [-0.15, -0.1) is 0 Å². The van der Waals surface area contributed by atoms with Crippen molar-refractivity contribution in [3.05, 3.63) is 60.8 Å². The van der Waals surface area contributed by atoms with Gasteiger partial charge < -0.3 is 25.2 Å². The van der Waals surface area contributed by atoms with Gasteiger partial charge >= 0.3 is 25.7 Å². The topological polar surface area (TPSA) is 172 Å². The second-order valence-electron chi connectivity index (χ2n) is 13.1. The van der Waals surface area contributed by atoms with Crippen molar-refractivity contribution in [3.8, 4) is 0 Å². The number of rotatable bonds is 36. The average Bonchev–Trinajstić information content (AvgIpc) is 3.13. The van der Waals surface area contributed by atoms with Gasteiger partial charge in [-0.1, -0.05) is 145 Å². The molecular weight excluding hydrogens is 697 g/mol. The van der Waals surface area contributed by atoms with Gasteiger partial charge in [-0.05, 0) is 51.4 Å². The van der Waals surface area contributed by atoms with Crippen molar-refractivity contribution in [2.75, 3.05) is 19.8 Å². The molecule has 0 radical (unpaired) electrons. The summed E-state index contributed by atoms with van der Waals surface area (Å²) in [5.41, 5.74) is 5.31. The fourth-order valence-electron chi connectivity index (χ4n) is 4.87. The first-order chi connectivity index (χ1) is 25.6. The number of hydrogen-bond acceptors (Lipinski definition) is 9. The van der Waals surface area contributed by atoms with E-state index < -0.39 is 51.1 Å². The first kappa shape index (κ1) is 50.2. The number of ether oxygens (including phenoxy) is 2. The Kier molecular flexibility index (Phi) is 34.2. The van der Waals surface area contributed by atoms with Crippen LogP contribution in [0.15, 0.2) is 60.8 Å². The summed E-state index contributed by atoms with van der Waals surface area (Å²) >= 11 is 0. The summed E-state index contributed by atoms with van der Waals surface area (Å²) in [6.07, 6.45) is 40.2. The van der Waals surface area contributed by atoms with Crippen LogP contribution in [0.3, 0.4) is 0 Å². The molecule has 0 rings (SSSR count). The van der Waals surface area contributed by atoms with Gasteiger partial charge in [-0.3, -0.25) is 23.4 Å². The summed E-state index contributed by atoms with van der Waals surface area (Å²) in [5.74, 6) is -2.49. The van der Waals surface area contributed by atoms with Gasteiger partial charge in [-0.2, -0.15) is 0 Å². The Balaban J connectivity index is 4.55. The molecule has 3 atom stereocenters. The van der Waals surface area contributed by atoms with Crippen molar-refractivity contribution in [1.29, 1.82) is 0 Å². The zero-order valence-corrected chi connectivity index (χ0v) is 33.5. The van der Waals surface area contributed by atoms with Crippen molar-refractivity contribution >= 4 is 25.7 Å². The number of phosphoric acid groups is 1. The van der Waals surface area contributed by atoms with E-state index in [2.05, 4.69) is 60.9 Å². The second kappa shape index (κ2) is 36.2. The fourth-order valence-corrected chi connectivity index (χ4v) is 5.65. The third-order valence-electron chi connectivity index (χ3n) is 8.03. The number of unbranched alkanes of at least 4 members (excludes halogenated alkanes) is 12. The minimum atomic E-state index is -4.73. The van der Waals surface area contributed by atoms with Crippen LogP contribution in [0.5, 0.6) is 0 Å². The third-order valence-corrected chi connectivity index (χ3v) is 8.98. The van der Waals surface area contributed by atoms with Crippen LogP contribution in [-0.2, 0) is 37.5 Å². The van der Waals surface area contributed by atoms with Crippen LogP contribution in [0.25, 0.3) is 0 Å². The van der Waals surface area contributed by atoms with Crippen LogP contribution < -0.4 is 5.73 Å². The van der Waals surface area contributed by atoms with E-state index in [1.165, 1.54) is 57.8 Å². The van der Waals surface area contributed by atoms with Crippen LogP contribution in [0.2, 0.25) is 0 Å². The van der Waals surface area contributed by atoms with E-state index in [1.807, 2.05) is 18.2 Å². The molecule has 0 aromatic carbocycles. The maximum Gasteiger partial charge on any atom is 0.472 e. The molecule has 0 aliphatic carbocycles. The third kappa shape index (κ3) is 36.0. The molecule has 1 unspecified atom stereocenters. The lowest BCUT2D eigenvalue weighted by Crippen LogP contribution is -2.34. The van der Waals surface area contributed by atoms with Crippen molar-refractivity contribution in [1.82, 2.24) is 0 Å². The molecule has 53 heavy (non-hydrogen) atoms. The minimum absolute atomic E-state index is 0.0366. The van der Waals surface area contributed by atoms with Crippen LogP contribution in [-0.4, -0.2) is 59.9 Å². The summed E-state index contributed by atoms with van der Waals surface area (Å²) in [6, 6.07) is -1.53. The zero-order chi connectivity index (χ0) is 39.3. The molecule has 11 nitrogen and oxygen atoms in total. The molecule has 0 amide bonds. The van der Waals surface area contributed by atoms with E-state index in [1.54, 1.807) is 0 Å². The molecule has 0 saturated heterocycles. The van der Waals surface area contributed by atoms with Gasteiger partial charge in [0.25, 0.3) is 0 Å². The largest absolute Gasteiger partial charge is 0.480 e. The molecule has 0 aliphatic rings. The molecule has 0 aromatic heterocycles. The number of hydrogen-bond donors (Lipinski definition) is 3. The lowest BCUT2D eigenvalue weighted by atomic mass is 10.1. The van der Waals surface area contributed by atoms with E-state index in [0.29, 0.717) is 12.8 Å². The highest BCUT2D eigenvalue weighted by Crippen LogP contribution is 2.43. The van der Waals surface area contributed by atoms with E-state index in [0.717, 1.165) is 51.4 Å². The molecule has 0 aliphatic heterocycles. The average molecular weight is 768 g/mol. The summed E-state index contributed by atoms with van der Waals surface area (Å²) in [5, 5.41) is 8.86. The monoisotopic (exact) mass is 767 g/mol. The molecule has 0 aromatic rings. The molecule has 0 fully saturated rings. The maximum atomic E-state index is 12.5. The van der Waals surface area contributed by atoms with Crippen molar-refractivity contribution in [2.24, 2.45) is 5.73 Å². The molecular formula is C41H70NO10P. The first-order valence-corrected chi connectivity index (χ1v) is 21.3. The number of carboxylic acids is 1. The number of carbonyl (C=O) groups is 3. The molecule has 0 heterocycles. The molecule has 0 bridgehead atoms. The number of carboxylic acid groups (broad SMARTS) is 1. The van der Waals surface area contributed by atoms with Crippen LogP contribution in [0, 0.1) is 0 Å². The lowest BCUT2D eigenvalue weighted by molar-refractivity contribution is -0.161. The van der Waals surface area contributed by atoms with Crippen molar-refractivity contribution < 1.29 is 47.5 Å². The van der Waals surface area contributed by atoms with Crippen LogP contribution >= 0.6 is 7.82 Å². The Labute approximate surface area is 319 Å². The molecule has 12 heteroatoms. The number of aliphatic carboxylic acids is 1. The Morgan fingerprint density at radius 3 is 1.57 bits per heavy atom. The molecule has 304 valence electrons. The van der Waals surface area contributed by atoms with Crippen molar-refractivity contribution in [3.63, 3.8) is 0 Å². The van der Waals surface area contributed by atoms with Crippen molar-refractivity contribution in [2.45, 2.75) is 161 Å². The first-order valence-electron chi connectivity index (χ1n) is 19.8. The maximum absolute atomic E-state index is 12.5. The summed E-state index contributed by atoms with van der Waals surface area (Å²) in [4.78, 5) is 45.7. The number of esters is 2. The fraction of sp³-hybridized carbons (Fsp3) is 0.683. The number of phosphoric ester groups is 1. The normalized spacial score (nSPS) is 14.5. The van der Waals surface area contributed by atoms with E-state index in [-0.39, 0.29) is 19.4 Å². The Morgan fingerprint density at radius 2 is 1.04 bits per heavy atom. The predicted molar refractivity (Wildman–Crippen MR) is 212 cm³/mol. The summed E-state index contributed by atoms with van der Waals surface area (Å²) in [6.45, 7) is 2.66. The Bertz CT molecular complexity index is 1130. The van der Waals surface area contributed by atoms with Gasteiger partial charge in [0, 0.05) is 12.8 Å². The van der Waals surface area contributed by atoms with Gasteiger partial charge in [0.2, 0.25) is 0 Å². The molecule has 0 spiro atoms. The summed E-state index contributed by atoms with van der Waals surface area (Å²) in [7, 11) is -4.73. The highest BCUT2D eigenvalue weighted by Gasteiger charge is 2.28. The molecule has 4 N–H and O–H groups in total. The van der Waals surface area contributed by atoms with Gasteiger partial charge in [0.15, 0.2) is 6.10 Å². The number of carbonyl (C=O) groups excluding carboxylic acids is 2. The minimum Gasteiger partial charge on any atom is -0.480 e. The van der Waals surface area contributed by atoms with E-state index in [4.69, 9.17) is 24.8 Å². The summed E-state index contributed by atoms with van der Waals surface area (Å²) < 4.78 is 32.5. The van der Waals surface area contributed by atoms with E-state index in [9.17, 15) is 23.8 Å². The van der Waals surface area contributed by atoms with Crippen LogP contribution in [0.4, 0.5) is 0 Å². The Hall–Kier alpha value is -2.82. The van der Waals surface area contributed by atoms with Gasteiger partial charge in [-0.25, -0.2) is 4.57 Å². The number of nitrogens with two attached hydrogens (primary N) is 1. The predicted octanol–water partition coefficient (Wildman–Crippen LogP) is 10.00. The molecule has 0 saturated carbocycles. The zero-order valence-electron chi connectivity index (χ0n) is 32.6. The lowest BCUT2D eigenvalue weighted by Gasteiger charge is -2.20. The van der Waals surface area contributed by atoms with E-state index >= 15 is 0 Å². The van der Waals surface area contributed by atoms with Crippen LogP contribution in [0.1, 0.15) is 149 Å². The van der Waals surface area contributed by atoms with Gasteiger partial charge in [0.05, 0.1) is 13.2 Å². The standard InChI is InChI=1S/C41H70NO10P/c1-3-5-7-9-11-13-15-16-17-18-19-20-21-22-23-25-27-29-31-33-40(44)52-37(35-50-53(47,48)51-36-38(42)41(45)46)34-49-39(43)32-30-28-26-24-14-12-10-8-6-4-2/h11,13,16-17,19-20,22-23,27,29,37-38H,3-10,12,14-15,18,21,24-26,28,30-36,42H2,1-2H3,(H,45,46)(H,47,48)/b13-11+,17-16+,20-19+,23-22+,29-27+/t37-,38-/m0/s1. The SMILES string of the molecule is CCCCC/C=C/C/C=C/C/C=C/C/C=C/C/C=C/CCC(=O)O[C@@H](COC(=O)CCCCCCCCCCCC)COP(=O)(O)OC[C@H](N)C(=O)O. The Morgan fingerprint density at radius 1 is 0.585 bits per heavy atom.